The van der Waals surface area contributed by atoms with E-state index in [1.165, 1.54) is 207 Å². The van der Waals surface area contributed by atoms with Crippen LogP contribution in [0.4, 0.5) is 0 Å². The van der Waals surface area contributed by atoms with Crippen molar-refractivity contribution in [2.24, 2.45) is 0 Å². The summed E-state index contributed by atoms with van der Waals surface area (Å²) in [7, 11) is 6.72. The van der Waals surface area contributed by atoms with Gasteiger partial charge in [0.05, 0.1) is 0 Å². The number of fused-ring (bicyclic) bond motifs is 6. The van der Waals surface area contributed by atoms with Crippen LogP contribution in [0.3, 0.4) is 0 Å². The summed E-state index contributed by atoms with van der Waals surface area (Å²) in [5, 5.41) is 0. The van der Waals surface area contributed by atoms with Gasteiger partial charge < -0.3 is 0 Å². The zero-order valence-corrected chi connectivity index (χ0v) is 37.0. The first-order valence-corrected chi connectivity index (χ1v) is 24.1. The highest BCUT2D eigenvalue weighted by Crippen LogP contribution is 2.61. The van der Waals surface area contributed by atoms with Gasteiger partial charge in [-0.3, -0.25) is 0 Å². The highest BCUT2D eigenvalue weighted by Gasteiger charge is 2.47. The topological polar surface area (TPSA) is 0 Å². The summed E-state index contributed by atoms with van der Waals surface area (Å²) in [6.07, 6.45) is 37.3. The van der Waals surface area contributed by atoms with Crippen LogP contribution in [0.15, 0.2) is 53.0 Å². The molecule has 0 fully saturated rings. The van der Waals surface area contributed by atoms with Crippen LogP contribution >= 0.6 is 15.9 Å². The van der Waals surface area contributed by atoms with Crippen molar-refractivity contribution >= 4 is 29.2 Å². The van der Waals surface area contributed by atoms with E-state index in [9.17, 15) is 0 Å². The molecule has 54 heavy (non-hydrogen) atoms. The fourth-order valence-electron chi connectivity index (χ4n) is 10.6. The van der Waals surface area contributed by atoms with Gasteiger partial charge in [-0.05, 0) is 94.5 Å². The van der Waals surface area contributed by atoms with E-state index in [-0.39, 0.29) is 10.8 Å². The molecule has 2 radical (unpaired) electrons. The van der Waals surface area contributed by atoms with Gasteiger partial charge in [0.15, 0.2) is 0 Å². The third-order valence-electron chi connectivity index (χ3n) is 13.7. The first kappa shape index (κ1) is 43.3. The lowest BCUT2D eigenvalue weighted by Crippen LogP contribution is -2.27. The molecule has 0 atom stereocenters. The predicted octanol–water partition coefficient (Wildman–Crippen LogP) is 16.8. The molecular weight excluding hydrogens is 715 g/mol. The molecule has 2 heteroatoms. The number of benzene rings is 3. The van der Waals surface area contributed by atoms with E-state index < -0.39 is 0 Å². The summed E-state index contributed by atoms with van der Waals surface area (Å²) in [5.41, 5.74) is 13.5. The number of unbranched alkanes of at least 4 members (excludes halogenated alkanes) is 20. The Labute approximate surface area is 343 Å². The molecule has 0 aliphatic heterocycles. The van der Waals surface area contributed by atoms with Crippen LogP contribution in [-0.2, 0) is 10.8 Å². The van der Waals surface area contributed by atoms with Crippen molar-refractivity contribution in [3.8, 4) is 22.3 Å². The molecule has 0 saturated carbocycles. The Morgan fingerprint density at radius 3 is 1.07 bits per heavy atom. The van der Waals surface area contributed by atoms with E-state index in [2.05, 4.69) is 92.2 Å². The highest BCUT2D eigenvalue weighted by molar-refractivity contribution is 9.10. The zero-order chi connectivity index (χ0) is 38.2. The van der Waals surface area contributed by atoms with Gasteiger partial charge in [0.2, 0.25) is 0 Å². The van der Waals surface area contributed by atoms with E-state index in [0.717, 1.165) is 5.46 Å². The van der Waals surface area contributed by atoms with Crippen molar-refractivity contribution in [2.75, 3.05) is 0 Å². The van der Waals surface area contributed by atoms with Crippen molar-refractivity contribution in [2.45, 2.75) is 218 Å². The van der Waals surface area contributed by atoms with Crippen molar-refractivity contribution < 1.29 is 0 Å². The minimum atomic E-state index is 0.0456. The normalized spacial score (nSPS) is 14.6. The quantitative estimate of drug-likeness (QED) is 0.0508. The maximum absolute atomic E-state index is 6.72. The Kier molecular flexibility index (Phi) is 17.8. The molecule has 294 valence electrons. The zero-order valence-electron chi connectivity index (χ0n) is 35.4. The molecule has 0 heterocycles. The fourth-order valence-corrected chi connectivity index (χ4v) is 11.0. The lowest BCUT2D eigenvalue weighted by molar-refractivity contribution is 0.394. The molecule has 0 saturated heterocycles. The molecule has 0 amide bonds. The van der Waals surface area contributed by atoms with Crippen LogP contribution in [0, 0.1) is 0 Å². The minimum Gasteiger partial charge on any atom is -0.0963 e. The lowest BCUT2D eigenvalue weighted by Gasteiger charge is -2.35. The van der Waals surface area contributed by atoms with E-state index in [0.29, 0.717) is 0 Å². The average molecular weight is 792 g/mol. The van der Waals surface area contributed by atoms with Crippen LogP contribution in [0.5, 0.6) is 0 Å². The maximum atomic E-state index is 6.72. The molecule has 0 unspecified atom stereocenters. The number of hydrogen-bond donors (Lipinski definition) is 0. The molecule has 2 aliphatic carbocycles. The molecule has 0 bridgehead atoms. The average Bonchev–Trinajstić information content (AvgIpc) is 3.58. The molecule has 5 rings (SSSR count). The Morgan fingerprint density at radius 1 is 0.370 bits per heavy atom. The molecule has 0 N–H and O–H groups in total. The van der Waals surface area contributed by atoms with Gasteiger partial charge in [-0.25, -0.2) is 0 Å². The molecule has 3 aromatic rings. The van der Waals surface area contributed by atoms with Crippen LogP contribution in [0.25, 0.3) is 22.3 Å². The van der Waals surface area contributed by atoms with E-state index in [1.807, 2.05) is 0 Å². The van der Waals surface area contributed by atoms with Gasteiger partial charge in [0.25, 0.3) is 0 Å². The van der Waals surface area contributed by atoms with E-state index in [1.54, 1.807) is 22.3 Å². The highest BCUT2D eigenvalue weighted by atomic mass is 79.9. The van der Waals surface area contributed by atoms with Crippen molar-refractivity contribution in [1.29, 1.82) is 0 Å². The third kappa shape index (κ3) is 10.4. The number of halogens is 1. The second-order valence-corrected chi connectivity index (χ2v) is 18.6. The Morgan fingerprint density at radius 2 is 0.685 bits per heavy atom. The molecular formula is C52H76BBr. The minimum absolute atomic E-state index is 0.0456. The van der Waals surface area contributed by atoms with E-state index in [4.69, 9.17) is 7.85 Å². The Hall–Kier alpha value is -1.80. The first-order valence-electron chi connectivity index (χ1n) is 23.4. The molecule has 3 aromatic carbocycles. The summed E-state index contributed by atoms with van der Waals surface area (Å²) in [6, 6.07) is 19.8. The second kappa shape index (κ2) is 22.2. The smallest absolute Gasteiger partial charge is 0.0963 e. The summed E-state index contributed by atoms with van der Waals surface area (Å²) in [5.74, 6) is 0. The molecule has 0 nitrogen and oxygen atoms in total. The summed E-state index contributed by atoms with van der Waals surface area (Å²) < 4.78 is 1.23. The molecule has 0 aromatic heterocycles. The summed E-state index contributed by atoms with van der Waals surface area (Å²) in [6.45, 7) is 9.33. The van der Waals surface area contributed by atoms with Crippen LogP contribution in [0.2, 0.25) is 0 Å². The summed E-state index contributed by atoms with van der Waals surface area (Å²) in [4.78, 5) is 0. The number of hydrogen-bond acceptors (Lipinski definition) is 0. The maximum Gasteiger partial charge on any atom is 0.113 e. The first-order chi connectivity index (χ1) is 26.5. The van der Waals surface area contributed by atoms with Gasteiger partial charge in [0, 0.05) is 15.3 Å². The van der Waals surface area contributed by atoms with Crippen molar-refractivity contribution in [3.63, 3.8) is 0 Å². The SMILES string of the molecule is [B]c1ccc2c(c1)C(CCCCCCCC)(CCCCCCCC)c1cc3c(cc1-2)C(CCCCCCCC)(CCCCCCCC)c1cc(Br)ccc1-3. The number of rotatable bonds is 28. The van der Waals surface area contributed by atoms with Crippen LogP contribution in [0.1, 0.15) is 230 Å². The van der Waals surface area contributed by atoms with Gasteiger partial charge in [-0.1, -0.05) is 227 Å². The monoisotopic (exact) mass is 791 g/mol. The van der Waals surface area contributed by atoms with E-state index >= 15 is 0 Å². The standard InChI is InChI=1S/C52H76BBr/c1-5-9-13-17-21-25-33-51(34-26-22-18-14-10-6-2)47-37-41(53)29-31-43(47)45-39-50-46(40-49(45)51)44-32-30-42(54)38-48(44)52(50,35-27-23-19-15-11-7-3)36-28-24-20-16-12-8-4/h29-32,37-40H,5-28,33-36H2,1-4H3. The van der Waals surface area contributed by atoms with Gasteiger partial charge in [-0.2, -0.15) is 0 Å². The summed E-state index contributed by atoms with van der Waals surface area (Å²) >= 11 is 3.97. The van der Waals surface area contributed by atoms with Crippen molar-refractivity contribution in [1.82, 2.24) is 0 Å². The second-order valence-electron chi connectivity index (χ2n) is 17.7. The van der Waals surface area contributed by atoms with Gasteiger partial charge in [0.1, 0.15) is 7.85 Å². The van der Waals surface area contributed by atoms with Crippen molar-refractivity contribution in [3.05, 3.63) is 75.3 Å². The molecule has 2 aliphatic rings. The Balaban J connectivity index is 1.59. The lowest BCUT2D eigenvalue weighted by atomic mass is 9.68. The third-order valence-corrected chi connectivity index (χ3v) is 14.1. The van der Waals surface area contributed by atoms with Gasteiger partial charge in [-0.15, -0.1) is 0 Å². The predicted molar refractivity (Wildman–Crippen MR) is 244 cm³/mol. The largest absolute Gasteiger partial charge is 0.113 e. The fraction of sp³-hybridized carbons (Fsp3) is 0.654. The Bertz CT molecular complexity index is 1420. The molecule has 0 spiro atoms. The van der Waals surface area contributed by atoms with Gasteiger partial charge >= 0.3 is 0 Å². The van der Waals surface area contributed by atoms with Crippen LogP contribution in [-0.4, -0.2) is 7.85 Å². The van der Waals surface area contributed by atoms with Crippen LogP contribution < -0.4 is 5.46 Å².